The predicted molar refractivity (Wildman–Crippen MR) is 86.9 cm³/mol. The molecule has 2 atom stereocenters. The van der Waals surface area contributed by atoms with Gasteiger partial charge in [0.15, 0.2) is 0 Å². The van der Waals surface area contributed by atoms with E-state index in [0.29, 0.717) is 0 Å². The predicted octanol–water partition coefficient (Wildman–Crippen LogP) is 3.36. The van der Waals surface area contributed by atoms with Gasteiger partial charge >= 0.3 is 0 Å². The summed E-state index contributed by atoms with van der Waals surface area (Å²) in [6, 6.07) is 6.34. The first-order chi connectivity index (χ1) is 10.1. The van der Waals surface area contributed by atoms with E-state index in [-0.39, 0.29) is 18.2 Å². The first-order valence-corrected chi connectivity index (χ1v) is 8.18. The SMILES string of the molecule is CCCNC1(CO)CCCC(Oc2cc(C)ccc2C)C1. The number of hydrogen-bond donors (Lipinski definition) is 2. The summed E-state index contributed by atoms with van der Waals surface area (Å²) in [5.74, 6) is 0.990. The molecule has 1 aliphatic rings. The standard InChI is InChI=1S/C18H29NO2/c1-4-10-19-18(13-20)9-5-6-16(12-18)21-17-11-14(2)7-8-15(17)3/h7-8,11,16,19-20H,4-6,9-10,12-13H2,1-3H3. The zero-order valence-electron chi connectivity index (χ0n) is 13.6. The van der Waals surface area contributed by atoms with Gasteiger partial charge in [-0.2, -0.15) is 0 Å². The lowest BCUT2D eigenvalue weighted by Gasteiger charge is -2.40. The van der Waals surface area contributed by atoms with Crippen LogP contribution in [0, 0.1) is 13.8 Å². The van der Waals surface area contributed by atoms with Crippen molar-refractivity contribution in [2.24, 2.45) is 0 Å². The van der Waals surface area contributed by atoms with Crippen molar-refractivity contribution in [3.05, 3.63) is 29.3 Å². The van der Waals surface area contributed by atoms with E-state index in [0.717, 1.165) is 44.4 Å². The molecule has 0 bridgehead atoms. The number of aryl methyl sites for hydroxylation is 2. The van der Waals surface area contributed by atoms with Gasteiger partial charge in [0.2, 0.25) is 0 Å². The number of nitrogens with one attached hydrogen (secondary N) is 1. The maximum absolute atomic E-state index is 9.83. The third kappa shape index (κ3) is 4.21. The zero-order valence-corrected chi connectivity index (χ0v) is 13.6. The van der Waals surface area contributed by atoms with Gasteiger partial charge in [0, 0.05) is 12.0 Å². The second-order valence-electron chi connectivity index (χ2n) is 6.47. The van der Waals surface area contributed by atoms with Gasteiger partial charge in [0.1, 0.15) is 11.9 Å². The van der Waals surface area contributed by atoms with Crippen LogP contribution in [0.4, 0.5) is 0 Å². The van der Waals surface area contributed by atoms with Crippen LogP contribution in [0.5, 0.6) is 5.75 Å². The van der Waals surface area contributed by atoms with E-state index in [9.17, 15) is 5.11 Å². The van der Waals surface area contributed by atoms with Crippen molar-refractivity contribution in [3.8, 4) is 5.75 Å². The van der Waals surface area contributed by atoms with Gasteiger partial charge in [-0.1, -0.05) is 19.1 Å². The van der Waals surface area contributed by atoms with Crippen LogP contribution in [0.2, 0.25) is 0 Å². The molecule has 2 rings (SSSR count). The lowest BCUT2D eigenvalue weighted by atomic mass is 9.80. The average Bonchev–Trinajstić information content (AvgIpc) is 2.49. The molecular weight excluding hydrogens is 262 g/mol. The van der Waals surface area contributed by atoms with E-state index >= 15 is 0 Å². The fourth-order valence-electron chi connectivity index (χ4n) is 3.17. The molecule has 1 saturated carbocycles. The first-order valence-electron chi connectivity index (χ1n) is 8.18. The largest absolute Gasteiger partial charge is 0.490 e. The van der Waals surface area contributed by atoms with Crippen molar-refractivity contribution in [2.75, 3.05) is 13.2 Å². The topological polar surface area (TPSA) is 41.5 Å². The summed E-state index contributed by atoms with van der Waals surface area (Å²) in [7, 11) is 0. The van der Waals surface area contributed by atoms with E-state index in [1.807, 2.05) is 0 Å². The summed E-state index contributed by atoms with van der Waals surface area (Å²) in [4.78, 5) is 0. The van der Waals surface area contributed by atoms with E-state index < -0.39 is 0 Å². The number of rotatable bonds is 6. The highest BCUT2D eigenvalue weighted by molar-refractivity contribution is 5.36. The fourth-order valence-corrected chi connectivity index (χ4v) is 3.17. The molecule has 1 aromatic carbocycles. The van der Waals surface area contributed by atoms with E-state index in [2.05, 4.69) is 44.3 Å². The molecule has 118 valence electrons. The molecule has 2 unspecified atom stereocenters. The van der Waals surface area contributed by atoms with Crippen LogP contribution in [-0.2, 0) is 0 Å². The Kier molecular flexibility index (Phi) is 5.65. The molecule has 3 heteroatoms. The smallest absolute Gasteiger partial charge is 0.122 e. The molecule has 1 aliphatic carbocycles. The number of aliphatic hydroxyl groups excluding tert-OH is 1. The minimum absolute atomic E-state index is 0.156. The van der Waals surface area contributed by atoms with Gasteiger partial charge in [-0.25, -0.2) is 0 Å². The van der Waals surface area contributed by atoms with Crippen LogP contribution < -0.4 is 10.1 Å². The van der Waals surface area contributed by atoms with Crippen molar-refractivity contribution >= 4 is 0 Å². The zero-order chi connectivity index (χ0) is 15.3. The quantitative estimate of drug-likeness (QED) is 0.844. The molecule has 2 N–H and O–H groups in total. The van der Waals surface area contributed by atoms with E-state index in [1.54, 1.807) is 0 Å². The molecule has 0 aromatic heterocycles. The Morgan fingerprint density at radius 3 is 2.90 bits per heavy atom. The van der Waals surface area contributed by atoms with Crippen molar-refractivity contribution in [3.63, 3.8) is 0 Å². The Labute approximate surface area is 128 Å². The maximum Gasteiger partial charge on any atom is 0.122 e. The summed E-state index contributed by atoms with van der Waals surface area (Å²) in [6.07, 6.45) is 5.38. The maximum atomic E-state index is 9.83. The van der Waals surface area contributed by atoms with Crippen LogP contribution in [0.1, 0.15) is 50.2 Å². The van der Waals surface area contributed by atoms with Crippen LogP contribution in [0.25, 0.3) is 0 Å². The lowest BCUT2D eigenvalue weighted by Crippen LogP contribution is -2.53. The van der Waals surface area contributed by atoms with Gasteiger partial charge in [0.05, 0.1) is 6.61 Å². The van der Waals surface area contributed by atoms with Crippen LogP contribution in [0.3, 0.4) is 0 Å². The van der Waals surface area contributed by atoms with Gasteiger partial charge in [-0.3, -0.25) is 0 Å². The summed E-state index contributed by atoms with van der Waals surface area (Å²) in [5, 5.41) is 13.4. The highest BCUT2D eigenvalue weighted by atomic mass is 16.5. The second-order valence-corrected chi connectivity index (χ2v) is 6.47. The third-order valence-corrected chi connectivity index (χ3v) is 4.49. The fraction of sp³-hybridized carbons (Fsp3) is 0.667. The summed E-state index contributed by atoms with van der Waals surface area (Å²) in [6.45, 7) is 7.49. The van der Waals surface area contributed by atoms with E-state index in [1.165, 1.54) is 11.1 Å². The second kappa shape index (κ2) is 7.28. The molecule has 0 amide bonds. The number of hydrogen-bond acceptors (Lipinski definition) is 3. The molecule has 1 fully saturated rings. The minimum Gasteiger partial charge on any atom is -0.490 e. The Hall–Kier alpha value is -1.06. The van der Waals surface area contributed by atoms with Crippen LogP contribution >= 0.6 is 0 Å². The summed E-state index contributed by atoms with van der Waals surface area (Å²) >= 11 is 0. The first kappa shape index (κ1) is 16.3. The minimum atomic E-state index is -0.156. The molecule has 0 heterocycles. The van der Waals surface area contributed by atoms with Crippen molar-refractivity contribution < 1.29 is 9.84 Å². The van der Waals surface area contributed by atoms with Gasteiger partial charge < -0.3 is 15.2 Å². The Morgan fingerprint density at radius 2 is 2.19 bits per heavy atom. The highest BCUT2D eigenvalue weighted by Gasteiger charge is 2.36. The average molecular weight is 291 g/mol. The lowest BCUT2D eigenvalue weighted by molar-refractivity contribution is 0.0507. The molecule has 0 saturated heterocycles. The molecule has 0 aliphatic heterocycles. The number of benzene rings is 1. The monoisotopic (exact) mass is 291 g/mol. The highest BCUT2D eigenvalue weighted by Crippen LogP contribution is 2.32. The molecule has 0 radical (unpaired) electrons. The number of ether oxygens (including phenoxy) is 1. The Balaban J connectivity index is 2.04. The molecular formula is C18H29NO2. The molecule has 0 spiro atoms. The van der Waals surface area contributed by atoms with Crippen molar-refractivity contribution in [1.29, 1.82) is 0 Å². The van der Waals surface area contributed by atoms with Crippen molar-refractivity contribution in [2.45, 2.75) is 64.5 Å². The molecule has 3 nitrogen and oxygen atoms in total. The third-order valence-electron chi connectivity index (χ3n) is 4.49. The Morgan fingerprint density at radius 1 is 1.38 bits per heavy atom. The van der Waals surface area contributed by atoms with Crippen molar-refractivity contribution in [1.82, 2.24) is 5.32 Å². The van der Waals surface area contributed by atoms with Crippen LogP contribution in [-0.4, -0.2) is 29.9 Å². The Bertz CT molecular complexity index is 461. The summed E-state index contributed by atoms with van der Waals surface area (Å²) in [5.41, 5.74) is 2.25. The summed E-state index contributed by atoms with van der Waals surface area (Å²) < 4.78 is 6.25. The normalized spacial score (nSPS) is 25.8. The van der Waals surface area contributed by atoms with Gasteiger partial charge in [-0.15, -0.1) is 0 Å². The molecule has 1 aromatic rings. The van der Waals surface area contributed by atoms with E-state index in [4.69, 9.17) is 4.74 Å². The number of aliphatic hydroxyl groups is 1. The van der Waals surface area contributed by atoms with Gasteiger partial charge in [-0.05, 0) is 63.3 Å². The van der Waals surface area contributed by atoms with Crippen LogP contribution in [0.15, 0.2) is 18.2 Å². The van der Waals surface area contributed by atoms with Gasteiger partial charge in [0.25, 0.3) is 0 Å². The molecule has 21 heavy (non-hydrogen) atoms.